The minimum Gasteiger partial charge on any atom is -0.665 e. The number of phenols is 1. The molecule has 0 saturated heterocycles. The Morgan fingerprint density at radius 3 is 1.12 bits per heavy atom. The number of benzene rings is 5. The number of aryl methyl sites for hydroxylation is 3. The number of aromatic hydroxyl groups is 1. The monoisotopic (exact) mass is 1450 g/mol. The first-order valence-electron chi connectivity index (χ1n) is 29.0. The molecule has 0 spiro atoms. The second-order valence-electron chi connectivity index (χ2n) is 25.8. The van der Waals surface area contributed by atoms with Gasteiger partial charge in [0.15, 0.2) is 11.2 Å². The summed E-state index contributed by atoms with van der Waals surface area (Å²) >= 11 is -1.64. The van der Waals surface area contributed by atoms with E-state index < -0.39 is 94.2 Å². The summed E-state index contributed by atoms with van der Waals surface area (Å²) in [5, 5.41) is 27.3. The Kier molecular flexibility index (Phi) is 39.9. The van der Waals surface area contributed by atoms with Gasteiger partial charge in [0, 0.05) is 11.1 Å². The number of para-hydroxylation sites is 1. The molecule has 1 heterocycles. The summed E-state index contributed by atoms with van der Waals surface area (Å²) in [6, 6.07) is 33.3. The van der Waals surface area contributed by atoms with Gasteiger partial charge >= 0.3 is 228 Å². The summed E-state index contributed by atoms with van der Waals surface area (Å²) in [4.78, 5) is 4.11. The van der Waals surface area contributed by atoms with Crippen LogP contribution in [0.4, 0.5) is 59.7 Å². The smallest absolute Gasteiger partial charge is 0.131 e. The van der Waals surface area contributed by atoms with Crippen LogP contribution in [0, 0.1) is 67.1 Å². The molecule has 90 heavy (non-hydrogen) atoms. The molecular weight excluding hydrogens is 1340 g/mol. The van der Waals surface area contributed by atoms with Crippen molar-refractivity contribution in [3.8, 4) is 28.0 Å². The second-order valence-corrected chi connectivity index (χ2v) is 29.5. The third kappa shape index (κ3) is 34.6. The Morgan fingerprint density at radius 2 is 0.811 bits per heavy atom. The molecule has 508 valence electrons. The zero-order valence-electron chi connectivity index (χ0n) is 56.4. The predicted octanol–water partition coefficient (Wildman–Crippen LogP) is 23.0. The zero-order chi connectivity index (χ0) is 70.0. The van der Waals surface area contributed by atoms with Crippen molar-refractivity contribution in [2.45, 2.75) is 214 Å². The van der Waals surface area contributed by atoms with E-state index in [1.54, 1.807) is 11.3 Å². The second kappa shape index (κ2) is 40.2. The van der Waals surface area contributed by atoms with Crippen molar-refractivity contribution in [2.24, 2.45) is 24.2 Å². The molecule has 19 heteroatoms. The van der Waals surface area contributed by atoms with Crippen molar-refractivity contribution in [2.75, 3.05) is 0 Å². The molecule has 0 aliphatic carbocycles. The third-order valence-electron chi connectivity index (χ3n) is 11.0. The molecule has 1 aromatic heterocycles. The van der Waals surface area contributed by atoms with Gasteiger partial charge in [0.25, 0.3) is 0 Å². The minimum absolute atomic E-state index is 0. The minimum atomic E-state index is -4.51. The fourth-order valence-corrected chi connectivity index (χ4v) is 8.80. The van der Waals surface area contributed by atoms with E-state index in [0.29, 0.717) is 45.3 Å². The molecule has 0 radical (unpaired) electrons. The molecule has 0 saturated carbocycles. The number of aliphatic hydroxyl groups is 2. The Balaban J connectivity index is -0.00000103. The van der Waals surface area contributed by atoms with Crippen LogP contribution in [0.3, 0.4) is 0 Å². The number of hydrogen-bond donors (Lipinski definition) is 3. The third-order valence-corrected chi connectivity index (χ3v) is 15.0. The summed E-state index contributed by atoms with van der Waals surface area (Å²) in [6.07, 6.45) is -9.01. The van der Waals surface area contributed by atoms with Crippen molar-refractivity contribution in [3.05, 3.63) is 160 Å². The molecule has 6 aromatic rings. The molecule has 0 aliphatic heterocycles. The molecule has 0 amide bonds. The van der Waals surface area contributed by atoms with Crippen LogP contribution in [0.25, 0.3) is 22.3 Å². The summed E-state index contributed by atoms with van der Waals surface area (Å²) in [5.41, 5.74) is 6.76. The Labute approximate surface area is 547 Å². The molecule has 0 unspecified atom stereocenters. The molecule has 0 fully saturated rings. The van der Waals surface area contributed by atoms with Crippen LogP contribution in [-0.4, -0.2) is 47.7 Å². The molecular formula is C71H101F11Mo2N3O3-. The summed E-state index contributed by atoms with van der Waals surface area (Å²) in [5.74, 6) is -6.75. The average molecular weight is 1450 g/mol. The van der Waals surface area contributed by atoms with Crippen molar-refractivity contribution in [1.29, 1.82) is 0 Å². The zero-order valence-corrected chi connectivity index (χ0v) is 60.4. The first-order valence-corrected chi connectivity index (χ1v) is 33.1. The number of halogens is 11. The Bertz CT molecular complexity index is 3080. The number of nitrogens with zero attached hydrogens (tertiary/aromatic N) is 3. The van der Waals surface area contributed by atoms with Gasteiger partial charge in [-0.2, -0.15) is 37.7 Å². The standard InChI is InChI=1S/C23H24O.C12H17N.C6F5N.C6H8N.C5H10.2C4H7F3O.2C4H10.C2H4.CH4.2Mo/c1-16-8-5-9-17(14-16)20-12-7-13-21(22(20)24)18-10-6-11-19(15-18)23(2,3)4;1-8(2)10-6-5-7-11(9(3)4)12(10)13;7-1-2(8)4(10)6(12)5(11)3(1)9;1-5-3-4-6(2)7-5;1-5(2,3)4;2*1-3(2,8)4(5,6)7;2*1-4(2)3;1-2;;;/h5-15,24H,1-4H3;5-9H,1-4H3;;3-4H,1-2H3;1H,2-4H3;2*8H,1-2H3;2*4H,1-3H3;1H,2H3;1H4;;/q;;;-1;;;;;;;;;. The fourth-order valence-electron chi connectivity index (χ4n) is 6.20. The number of rotatable bonds is 6. The number of aromatic nitrogens is 1. The van der Waals surface area contributed by atoms with Crippen molar-refractivity contribution < 1.29 is 99.5 Å². The Morgan fingerprint density at radius 1 is 0.478 bits per heavy atom. The number of alkyl halides is 6. The van der Waals surface area contributed by atoms with Crippen LogP contribution in [0.15, 0.2) is 104 Å². The maximum absolute atomic E-state index is 12.9. The molecule has 3 N–H and O–H groups in total. The van der Waals surface area contributed by atoms with E-state index in [0.717, 1.165) is 45.5 Å². The van der Waals surface area contributed by atoms with E-state index in [-0.39, 0.29) is 18.3 Å². The topological polar surface area (TPSA) is 99.5 Å². The fraction of sp³-hybridized carbons (Fsp3) is 0.493. The van der Waals surface area contributed by atoms with Crippen LogP contribution in [-0.2, 0) is 41.3 Å². The quantitative estimate of drug-likeness (QED) is 0.0669. The van der Waals surface area contributed by atoms with Crippen LogP contribution in [0.5, 0.6) is 5.75 Å². The molecule has 0 bridgehead atoms. The van der Waals surface area contributed by atoms with Gasteiger partial charge in [-0.05, 0) is 68.6 Å². The van der Waals surface area contributed by atoms with Crippen molar-refractivity contribution >= 4 is 20.2 Å². The summed E-state index contributed by atoms with van der Waals surface area (Å²) < 4.78 is 144. The van der Waals surface area contributed by atoms with E-state index in [1.807, 2.05) is 56.3 Å². The number of phenolic OH excluding ortho intramolecular Hbond substituents is 1. The Hall–Kier alpha value is -4.95. The van der Waals surface area contributed by atoms with Crippen LogP contribution < -0.4 is 4.98 Å². The maximum Gasteiger partial charge on any atom is 0.131 e. The number of hydrogen-bond acceptors (Lipinski definition) is 5. The van der Waals surface area contributed by atoms with Gasteiger partial charge in [-0.25, -0.2) is 0 Å². The first kappa shape index (κ1) is 89.2. The van der Waals surface area contributed by atoms with Crippen molar-refractivity contribution in [3.63, 3.8) is 0 Å². The summed E-state index contributed by atoms with van der Waals surface area (Å²) in [6.45, 7) is 45.9. The van der Waals surface area contributed by atoms with E-state index in [2.05, 4.69) is 185 Å². The molecule has 6 nitrogen and oxygen atoms in total. The van der Waals surface area contributed by atoms with Crippen molar-refractivity contribution in [1.82, 2.24) is 4.98 Å². The van der Waals surface area contributed by atoms with E-state index >= 15 is 0 Å². The van der Waals surface area contributed by atoms with Gasteiger partial charge in [-0.1, -0.05) is 168 Å². The normalized spacial score (nSPS) is 11.3. The van der Waals surface area contributed by atoms with Gasteiger partial charge in [0.1, 0.15) is 5.75 Å². The average Bonchev–Trinajstić information content (AvgIpc) is 1.21. The van der Waals surface area contributed by atoms with Gasteiger partial charge in [0.05, 0.1) is 0 Å². The van der Waals surface area contributed by atoms with Gasteiger partial charge < -0.3 is 20.3 Å². The predicted molar refractivity (Wildman–Crippen MR) is 346 cm³/mol. The molecule has 0 atom stereocenters. The van der Waals surface area contributed by atoms with Crippen LogP contribution >= 0.6 is 0 Å². The molecule has 6 rings (SSSR count). The van der Waals surface area contributed by atoms with Gasteiger partial charge in [0.2, 0.25) is 0 Å². The van der Waals surface area contributed by atoms with Crippen LogP contribution in [0.2, 0.25) is 0 Å². The van der Waals surface area contributed by atoms with E-state index in [9.17, 15) is 53.4 Å². The van der Waals surface area contributed by atoms with E-state index in [1.165, 1.54) is 27.9 Å². The SMILES string of the molecule is C.CC(C)(O)C(F)(F)F.CC(C)(O)C(F)(F)F.CC(C)C.CC(C)C.CC(C)c1cccc(C(C)C)c1[N]=[Mo]=[CH]C(C)(C)C.C[CH]=[Mo]=[N]c1c(F)c(F)c(F)c(F)c1F.Cc1ccc(C)[n-]1.Cc1cccc(-c2cccc(-c3cccc(C(C)(C)C)c3)c2O)c1. The molecule has 5 aromatic carbocycles. The first-order chi connectivity index (χ1) is 40.3. The van der Waals surface area contributed by atoms with E-state index in [4.69, 9.17) is 13.7 Å². The summed E-state index contributed by atoms with van der Waals surface area (Å²) in [7, 11) is 0. The maximum atomic E-state index is 12.9. The molecule has 0 aliphatic rings. The van der Waals surface area contributed by atoms with Crippen LogP contribution in [0.1, 0.15) is 198 Å². The van der Waals surface area contributed by atoms with Gasteiger partial charge in [-0.3, -0.25) is 0 Å². The largest absolute Gasteiger partial charge is 0.665 e. The van der Waals surface area contributed by atoms with Gasteiger partial charge in [-0.15, -0.1) is 0 Å².